The molecule has 0 aliphatic carbocycles. The van der Waals surface area contributed by atoms with E-state index in [1.807, 2.05) is 31.2 Å². The number of rotatable bonds is 7. The van der Waals surface area contributed by atoms with Gasteiger partial charge in [-0.15, -0.1) is 0 Å². The Labute approximate surface area is 129 Å². The summed E-state index contributed by atoms with van der Waals surface area (Å²) < 4.78 is 5.49. The van der Waals surface area contributed by atoms with Gasteiger partial charge < -0.3 is 10.1 Å². The number of nitrogens with zero attached hydrogens (tertiary/aromatic N) is 2. The predicted molar refractivity (Wildman–Crippen MR) is 87.1 cm³/mol. The van der Waals surface area contributed by atoms with Crippen LogP contribution in [0.4, 0.5) is 11.4 Å². The minimum Gasteiger partial charge on any atom is -0.380 e. The Bertz CT molecular complexity index is 658. The highest BCUT2D eigenvalue weighted by molar-refractivity contribution is 5.95. The van der Waals surface area contributed by atoms with Crippen molar-refractivity contribution in [3.63, 3.8) is 0 Å². The van der Waals surface area contributed by atoms with E-state index in [0.717, 1.165) is 10.9 Å². The third-order valence-corrected chi connectivity index (χ3v) is 3.59. The SMILES string of the molecule is CCOCC(Nc1c([N+](=O)[O-])cnc2ccccc12)C(C)C. The summed E-state index contributed by atoms with van der Waals surface area (Å²) in [5.74, 6) is 0.276. The van der Waals surface area contributed by atoms with Crippen LogP contribution in [0.2, 0.25) is 0 Å². The molecule has 22 heavy (non-hydrogen) atoms. The highest BCUT2D eigenvalue weighted by Crippen LogP contribution is 2.32. The first-order valence-corrected chi connectivity index (χ1v) is 7.41. The van der Waals surface area contributed by atoms with Crippen molar-refractivity contribution in [3.8, 4) is 0 Å². The highest BCUT2D eigenvalue weighted by Gasteiger charge is 2.22. The van der Waals surface area contributed by atoms with Crippen LogP contribution >= 0.6 is 0 Å². The van der Waals surface area contributed by atoms with Crippen LogP contribution < -0.4 is 5.32 Å². The molecule has 6 heteroatoms. The summed E-state index contributed by atoms with van der Waals surface area (Å²) in [5, 5.41) is 15.4. The molecule has 2 rings (SSSR count). The number of hydrogen-bond acceptors (Lipinski definition) is 5. The normalized spacial score (nSPS) is 12.5. The van der Waals surface area contributed by atoms with Crippen molar-refractivity contribution in [1.29, 1.82) is 0 Å². The quantitative estimate of drug-likeness (QED) is 0.624. The van der Waals surface area contributed by atoms with Gasteiger partial charge in [0.05, 0.1) is 23.1 Å². The summed E-state index contributed by atoms with van der Waals surface area (Å²) in [6.45, 7) is 7.17. The summed E-state index contributed by atoms with van der Waals surface area (Å²) in [6, 6.07) is 7.40. The van der Waals surface area contributed by atoms with Crippen molar-refractivity contribution in [2.24, 2.45) is 5.92 Å². The number of ether oxygens (including phenoxy) is 1. The molecule has 0 fully saturated rings. The van der Waals surface area contributed by atoms with Gasteiger partial charge in [0.2, 0.25) is 0 Å². The zero-order valence-electron chi connectivity index (χ0n) is 13.1. The maximum Gasteiger partial charge on any atom is 0.311 e. The van der Waals surface area contributed by atoms with E-state index in [1.165, 1.54) is 6.20 Å². The second-order valence-corrected chi connectivity index (χ2v) is 5.45. The second kappa shape index (κ2) is 7.17. The topological polar surface area (TPSA) is 77.3 Å². The van der Waals surface area contributed by atoms with Crippen LogP contribution in [-0.4, -0.2) is 29.2 Å². The lowest BCUT2D eigenvalue weighted by molar-refractivity contribution is -0.384. The fraction of sp³-hybridized carbons (Fsp3) is 0.438. The Hall–Kier alpha value is -2.21. The molecule has 0 bridgehead atoms. The number of nitro groups is 1. The predicted octanol–water partition coefficient (Wildman–Crippen LogP) is 3.62. The maximum absolute atomic E-state index is 11.3. The van der Waals surface area contributed by atoms with E-state index in [-0.39, 0.29) is 17.6 Å². The van der Waals surface area contributed by atoms with Gasteiger partial charge in [-0.3, -0.25) is 10.1 Å². The fourth-order valence-corrected chi connectivity index (χ4v) is 2.25. The first kappa shape index (κ1) is 16.2. The van der Waals surface area contributed by atoms with Gasteiger partial charge in [-0.2, -0.15) is 0 Å². The fourth-order valence-electron chi connectivity index (χ4n) is 2.25. The lowest BCUT2D eigenvalue weighted by Gasteiger charge is -2.23. The van der Waals surface area contributed by atoms with Gasteiger partial charge in [0.25, 0.3) is 0 Å². The number of nitrogens with one attached hydrogen (secondary N) is 1. The van der Waals surface area contributed by atoms with Gasteiger partial charge in [-0.1, -0.05) is 32.0 Å². The van der Waals surface area contributed by atoms with Crippen molar-refractivity contribution < 1.29 is 9.66 Å². The molecule has 1 aromatic carbocycles. The summed E-state index contributed by atoms with van der Waals surface area (Å²) in [5.41, 5.74) is 1.23. The van der Waals surface area contributed by atoms with Gasteiger partial charge in [0, 0.05) is 12.0 Å². The molecule has 0 aliphatic rings. The Morgan fingerprint density at radius 2 is 2.09 bits per heavy atom. The zero-order chi connectivity index (χ0) is 16.1. The Balaban J connectivity index is 2.46. The Morgan fingerprint density at radius 1 is 1.36 bits per heavy atom. The number of hydrogen-bond donors (Lipinski definition) is 1. The molecule has 1 unspecified atom stereocenters. The minimum atomic E-state index is -0.403. The second-order valence-electron chi connectivity index (χ2n) is 5.45. The van der Waals surface area contributed by atoms with Crippen molar-refractivity contribution >= 4 is 22.3 Å². The van der Waals surface area contributed by atoms with Gasteiger partial charge in [-0.05, 0) is 18.9 Å². The van der Waals surface area contributed by atoms with Crippen LogP contribution in [0.3, 0.4) is 0 Å². The van der Waals surface area contributed by atoms with Gasteiger partial charge in [0.15, 0.2) is 0 Å². The number of benzene rings is 1. The average Bonchev–Trinajstić information content (AvgIpc) is 2.50. The lowest BCUT2D eigenvalue weighted by atomic mass is 10.0. The molecular formula is C16H21N3O3. The smallest absolute Gasteiger partial charge is 0.311 e. The van der Waals surface area contributed by atoms with E-state index in [4.69, 9.17) is 4.74 Å². The van der Waals surface area contributed by atoms with Crippen molar-refractivity contribution in [3.05, 3.63) is 40.6 Å². The Kier molecular flexibility index (Phi) is 5.27. The van der Waals surface area contributed by atoms with E-state index in [0.29, 0.717) is 18.9 Å². The molecule has 0 saturated carbocycles. The number of aromatic nitrogens is 1. The highest BCUT2D eigenvalue weighted by atomic mass is 16.6. The molecular weight excluding hydrogens is 282 g/mol. The molecule has 0 amide bonds. The van der Waals surface area contributed by atoms with E-state index in [9.17, 15) is 10.1 Å². The molecule has 118 valence electrons. The van der Waals surface area contributed by atoms with Gasteiger partial charge in [-0.25, -0.2) is 4.98 Å². The van der Waals surface area contributed by atoms with Crippen LogP contribution in [0.1, 0.15) is 20.8 Å². The van der Waals surface area contributed by atoms with Crippen LogP contribution in [0.15, 0.2) is 30.5 Å². The third-order valence-electron chi connectivity index (χ3n) is 3.59. The summed E-state index contributed by atoms with van der Waals surface area (Å²) in [4.78, 5) is 15.1. The molecule has 2 aromatic rings. The average molecular weight is 303 g/mol. The molecule has 1 N–H and O–H groups in total. The third kappa shape index (κ3) is 3.51. The summed E-state index contributed by atoms with van der Waals surface area (Å²) in [6.07, 6.45) is 1.31. The molecule has 0 radical (unpaired) electrons. The largest absolute Gasteiger partial charge is 0.380 e. The summed E-state index contributed by atoms with van der Waals surface area (Å²) >= 11 is 0. The van der Waals surface area contributed by atoms with Crippen LogP contribution in [0.25, 0.3) is 10.9 Å². The van der Waals surface area contributed by atoms with Crippen LogP contribution in [0, 0.1) is 16.0 Å². The van der Waals surface area contributed by atoms with E-state index < -0.39 is 4.92 Å². The van der Waals surface area contributed by atoms with Crippen molar-refractivity contribution in [2.45, 2.75) is 26.8 Å². The molecule has 0 aliphatic heterocycles. The zero-order valence-corrected chi connectivity index (χ0v) is 13.1. The maximum atomic E-state index is 11.3. The van der Waals surface area contributed by atoms with Crippen LogP contribution in [-0.2, 0) is 4.74 Å². The Morgan fingerprint density at radius 3 is 2.73 bits per heavy atom. The van der Waals surface area contributed by atoms with Crippen molar-refractivity contribution in [2.75, 3.05) is 18.5 Å². The van der Waals surface area contributed by atoms with Gasteiger partial charge >= 0.3 is 5.69 Å². The van der Waals surface area contributed by atoms with E-state index in [2.05, 4.69) is 24.1 Å². The summed E-state index contributed by atoms with van der Waals surface area (Å²) in [7, 11) is 0. The van der Waals surface area contributed by atoms with Crippen LogP contribution in [0.5, 0.6) is 0 Å². The molecule has 0 saturated heterocycles. The molecule has 1 heterocycles. The molecule has 6 nitrogen and oxygen atoms in total. The van der Waals surface area contributed by atoms with E-state index >= 15 is 0 Å². The van der Waals surface area contributed by atoms with Crippen molar-refractivity contribution in [1.82, 2.24) is 4.98 Å². The minimum absolute atomic E-state index is 0.00976. The molecule has 1 aromatic heterocycles. The number of fused-ring (bicyclic) bond motifs is 1. The van der Waals surface area contributed by atoms with E-state index in [1.54, 1.807) is 0 Å². The standard InChI is InChI=1S/C16H21N3O3/c1-4-22-10-14(11(2)3)18-16-12-7-5-6-8-13(12)17-9-15(16)19(20)21/h5-9,11,14H,4,10H2,1-3H3,(H,17,18). The van der Waals surface area contributed by atoms with Gasteiger partial charge in [0.1, 0.15) is 11.9 Å². The molecule has 1 atom stereocenters. The number of para-hydroxylation sites is 1. The molecule has 0 spiro atoms. The lowest BCUT2D eigenvalue weighted by Crippen LogP contribution is -2.31. The number of anilines is 1. The number of pyridine rings is 1. The first-order chi connectivity index (χ1) is 10.5. The first-order valence-electron chi connectivity index (χ1n) is 7.41. The monoisotopic (exact) mass is 303 g/mol.